The number of esters is 1. The molecule has 2 N–H and O–H groups in total. The minimum atomic E-state index is -3.77. The van der Waals surface area contributed by atoms with Gasteiger partial charge in [0.2, 0.25) is 5.09 Å². The lowest BCUT2D eigenvalue weighted by molar-refractivity contribution is 0.0599. The number of hydrogen-bond donors (Lipinski definition) is 2. The highest BCUT2D eigenvalue weighted by atomic mass is 35.5. The fourth-order valence-corrected chi connectivity index (χ4v) is 2.43. The van der Waals surface area contributed by atoms with Gasteiger partial charge in [0.15, 0.2) is 0 Å². The van der Waals surface area contributed by atoms with Crippen LogP contribution >= 0.6 is 12.4 Å². The second-order valence-electron chi connectivity index (χ2n) is 4.07. The third kappa shape index (κ3) is 4.48. The molecule has 0 aliphatic rings. The summed E-state index contributed by atoms with van der Waals surface area (Å²) in [6.45, 7) is 3.55. The van der Waals surface area contributed by atoms with Crippen molar-refractivity contribution in [1.29, 1.82) is 0 Å². The number of halogens is 1. The minimum Gasteiger partial charge on any atom is -0.465 e. The summed E-state index contributed by atoms with van der Waals surface area (Å²) in [6.07, 6.45) is 0. The summed E-state index contributed by atoms with van der Waals surface area (Å²) >= 11 is 0. The first-order chi connectivity index (χ1) is 8.81. The highest BCUT2D eigenvalue weighted by Gasteiger charge is 2.24. The number of hydrogen-bond acceptors (Lipinski definition) is 6. The van der Waals surface area contributed by atoms with Crippen LogP contribution in [0.1, 0.15) is 23.0 Å². The largest absolute Gasteiger partial charge is 0.465 e. The summed E-state index contributed by atoms with van der Waals surface area (Å²) in [5.41, 5.74) is 0.101. The Hall–Kier alpha value is -1.09. The van der Waals surface area contributed by atoms with Gasteiger partial charge in [-0.25, -0.2) is 17.9 Å². The van der Waals surface area contributed by atoms with E-state index in [2.05, 4.69) is 14.8 Å². The maximum absolute atomic E-state index is 11.9. The maximum atomic E-state index is 11.9. The van der Waals surface area contributed by atoms with Crippen LogP contribution in [0.25, 0.3) is 0 Å². The van der Waals surface area contributed by atoms with E-state index in [0.717, 1.165) is 6.07 Å². The van der Waals surface area contributed by atoms with Crippen LogP contribution in [-0.4, -0.2) is 41.1 Å². The molecule has 1 heterocycles. The van der Waals surface area contributed by atoms with Crippen LogP contribution in [-0.2, 0) is 14.8 Å². The summed E-state index contributed by atoms with van der Waals surface area (Å²) in [7, 11) is -0.828. The minimum absolute atomic E-state index is 0. The number of aryl methyl sites for hydroxylation is 1. The summed E-state index contributed by atoms with van der Waals surface area (Å²) in [5.74, 6) is -0.430. The van der Waals surface area contributed by atoms with Crippen LogP contribution in [0, 0.1) is 6.92 Å². The monoisotopic (exact) mass is 326 g/mol. The standard InChI is InChI=1S/C11H18N2O5S.ClH/c1-7(12-3)6-13-19(15,16)10-5-9(8(2)18-10)11(14)17-4;/h5,7,12-13H,6H2,1-4H3;1H. The Bertz CT molecular complexity index is 555. The van der Waals surface area contributed by atoms with Crippen LogP contribution in [0.15, 0.2) is 15.6 Å². The molecule has 0 saturated heterocycles. The molecule has 20 heavy (non-hydrogen) atoms. The van der Waals surface area contributed by atoms with E-state index in [0.29, 0.717) is 0 Å². The molecular formula is C11H19ClN2O5S. The molecule has 0 saturated carbocycles. The first-order valence-corrected chi connectivity index (χ1v) is 7.15. The van der Waals surface area contributed by atoms with Gasteiger partial charge in [-0.05, 0) is 20.9 Å². The van der Waals surface area contributed by atoms with E-state index < -0.39 is 16.0 Å². The molecule has 0 radical (unpaired) electrons. The van der Waals surface area contributed by atoms with E-state index in [9.17, 15) is 13.2 Å². The average Bonchev–Trinajstić information content (AvgIpc) is 2.78. The van der Waals surface area contributed by atoms with E-state index in [1.54, 1.807) is 7.05 Å². The van der Waals surface area contributed by atoms with Gasteiger partial charge >= 0.3 is 5.97 Å². The van der Waals surface area contributed by atoms with Crippen molar-refractivity contribution < 1.29 is 22.4 Å². The molecule has 0 amide bonds. The Labute approximate surface area is 124 Å². The van der Waals surface area contributed by atoms with E-state index in [1.165, 1.54) is 14.0 Å². The Morgan fingerprint density at radius 2 is 2.10 bits per heavy atom. The lowest BCUT2D eigenvalue weighted by atomic mass is 10.3. The molecule has 0 bridgehead atoms. The highest BCUT2D eigenvalue weighted by molar-refractivity contribution is 7.89. The Balaban J connectivity index is 0.00000361. The molecule has 116 valence electrons. The second-order valence-corrected chi connectivity index (χ2v) is 5.77. The summed E-state index contributed by atoms with van der Waals surface area (Å²) in [6, 6.07) is 1.14. The lowest BCUT2D eigenvalue weighted by Crippen LogP contribution is -2.37. The fraction of sp³-hybridized carbons (Fsp3) is 0.545. The van der Waals surface area contributed by atoms with Gasteiger partial charge in [-0.3, -0.25) is 0 Å². The molecular weight excluding hydrogens is 308 g/mol. The van der Waals surface area contributed by atoms with Crippen LogP contribution in [0.4, 0.5) is 0 Å². The zero-order chi connectivity index (χ0) is 14.6. The van der Waals surface area contributed by atoms with Gasteiger partial charge in [-0.1, -0.05) is 0 Å². The molecule has 0 aromatic carbocycles. The number of carbonyl (C=O) groups is 1. The Morgan fingerprint density at radius 3 is 2.60 bits per heavy atom. The number of methoxy groups -OCH3 is 1. The van der Waals surface area contributed by atoms with Gasteiger partial charge in [0, 0.05) is 18.7 Å². The normalized spacial score (nSPS) is 12.6. The predicted molar refractivity (Wildman–Crippen MR) is 75.7 cm³/mol. The molecule has 7 nitrogen and oxygen atoms in total. The van der Waals surface area contributed by atoms with Crippen molar-refractivity contribution in [3.63, 3.8) is 0 Å². The van der Waals surface area contributed by atoms with Crippen LogP contribution in [0.5, 0.6) is 0 Å². The lowest BCUT2D eigenvalue weighted by Gasteiger charge is -2.10. The average molecular weight is 327 g/mol. The van der Waals surface area contributed by atoms with E-state index in [-0.39, 0.29) is 41.4 Å². The Kier molecular flexibility index (Phi) is 7.21. The molecule has 0 fully saturated rings. The van der Waals surface area contributed by atoms with Gasteiger partial charge in [0.25, 0.3) is 10.0 Å². The Morgan fingerprint density at radius 1 is 1.50 bits per heavy atom. The van der Waals surface area contributed by atoms with Crippen molar-refractivity contribution in [2.75, 3.05) is 20.7 Å². The van der Waals surface area contributed by atoms with Gasteiger partial charge in [0.05, 0.1) is 7.11 Å². The topological polar surface area (TPSA) is 97.6 Å². The van der Waals surface area contributed by atoms with Crippen LogP contribution in [0.3, 0.4) is 0 Å². The molecule has 1 rings (SSSR count). The van der Waals surface area contributed by atoms with Crippen molar-refractivity contribution in [1.82, 2.24) is 10.0 Å². The molecule has 1 aromatic rings. The summed E-state index contributed by atoms with van der Waals surface area (Å²) in [4.78, 5) is 11.4. The van der Waals surface area contributed by atoms with Gasteiger partial charge < -0.3 is 14.5 Å². The highest BCUT2D eigenvalue weighted by Crippen LogP contribution is 2.19. The smallest absolute Gasteiger partial charge is 0.341 e. The maximum Gasteiger partial charge on any atom is 0.341 e. The number of rotatable bonds is 6. The first-order valence-electron chi connectivity index (χ1n) is 5.67. The number of furan rings is 1. The second kappa shape index (κ2) is 7.63. The molecule has 1 unspecified atom stereocenters. The zero-order valence-corrected chi connectivity index (χ0v) is 13.4. The van der Waals surface area contributed by atoms with Gasteiger partial charge in [-0.15, -0.1) is 12.4 Å². The third-order valence-corrected chi connectivity index (χ3v) is 3.92. The third-order valence-electron chi connectivity index (χ3n) is 2.64. The number of nitrogens with one attached hydrogen (secondary N) is 2. The van der Waals surface area contributed by atoms with Gasteiger partial charge in [0.1, 0.15) is 11.3 Å². The van der Waals surface area contributed by atoms with Crippen molar-refractivity contribution in [3.8, 4) is 0 Å². The fourth-order valence-electron chi connectivity index (χ4n) is 1.31. The molecule has 1 aromatic heterocycles. The van der Waals surface area contributed by atoms with Crippen molar-refractivity contribution in [2.24, 2.45) is 0 Å². The summed E-state index contributed by atoms with van der Waals surface area (Å²) in [5, 5.41) is 2.60. The quantitative estimate of drug-likeness (QED) is 0.746. The van der Waals surface area contributed by atoms with E-state index in [4.69, 9.17) is 4.42 Å². The first kappa shape index (κ1) is 18.9. The number of ether oxygens (including phenoxy) is 1. The molecule has 1 atom stereocenters. The van der Waals surface area contributed by atoms with Crippen LogP contribution in [0.2, 0.25) is 0 Å². The molecule has 0 aliphatic heterocycles. The SMILES string of the molecule is CNC(C)CNS(=O)(=O)c1cc(C(=O)OC)c(C)o1.Cl. The van der Waals surface area contributed by atoms with Crippen molar-refractivity contribution in [3.05, 3.63) is 17.4 Å². The van der Waals surface area contributed by atoms with Crippen molar-refractivity contribution in [2.45, 2.75) is 25.0 Å². The van der Waals surface area contributed by atoms with Crippen molar-refractivity contribution >= 4 is 28.4 Å². The molecule has 9 heteroatoms. The van der Waals surface area contributed by atoms with Crippen LogP contribution < -0.4 is 10.0 Å². The molecule has 0 aliphatic carbocycles. The zero-order valence-electron chi connectivity index (χ0n) is 11.7. The summed E-state index contributed by atoms with van der Waals surface area (Å²) < 4.78 is 35.9. The van der Waals surface area contributed by atoms with E-state index in [1.807, 2.05) is 6.92 Å². The van der Waals surface area contributed by atoms with Gasteiger partial charge in [-0.2, -0.15) is 0 Å². The number of likely N-dealkylation sites (N-methyl/N-ethyl adjacent to an activating group) is 1. The number of carbonyl (C=O) groups excluding carboxylic acids is 1. The number of sulfonamides is 1. The van der Waals surface area contributed by atoms with E-state index >= 15 is 0 Å². The predicted octanol–water partition coefficient (Wildman–Crippen LogP) is 0.683. The molecule has 0 spiro atoms.